The summed E-state index contributed by atoms with van der Waals surface area (Å²) in [6.07, 6.45) is -1.41. The molecule has 1 fully saturated rings. The van der Waals surface area contributed by atoms with Crippen LogP contribution in [-0.4, -0.2) is 72.4 Å². The maximum absolute atomic E-state index is 13.7. The number of benzene rings is 1. The topological polar surface area (TPSA) is 125 Å². The molecule has 42 heavy (non-hydrogen) atoms. The number of nitrogens with one attached hydrogen (secondary N) is 3. The number of amides is 1. The normalized spacial score (nSPS) is 13.3. The van der Waals surface area contributed by atoms with Crippen LogP contribution < -0.4 is 25.6 Å². The summed E-state index contributed by atoms with van der Waals surface area (Å²) in [6.45, 7) is 8.63. The lowest BCUT2D eigenvalue weighted by molar-refractivity contribution is -0.137. The smallest absolute Gasteiger partial charge is 0.421 e. The molecule has 3 heterocycles. The van der Waals surface area contributed by atoms with Gasteiger partial charge in [-0.1, -0.05) is 19.6 Å². The molecule has 0 aliphatic carbocycles. The van der Waals surface area contributed by atoms with Crippen molar-refractivity contribution < 1.29 is 27.5 Å². The van der Waals surface area contributed by atoms with E-state index < -0.39 is 23.5 Å². The van der Waals surface area contributed by atoms with E-state index in [0.29, 0.717) is 24.0 Å². The SMILES string of the molecule is C=CC(=O)Nc1cccc(Nc2nc(Nc3ccc(N4CCN(C)CC4)nc3OC)ncc2C(F)(F)F)c1.CCC=O. The van der Waals surface area contributed by atoms with E-state index in [4.69, 9.17) is 4.74 Å². The third-order valence-electron chi connectivity index (χ3n) is 5.95. The summed E-state index contributed by atoms with van der Waals surface area (Å²) in [6, 6.07) is 9.72. The van der Waals surface area contributed by atoms with Gasteiger partial charge in [0.25, 0.3) is 0 Å². The van der Waals surface area contributed by atoms with E-state index in [0.717, 1.165) is 44.4 Å². The summed E-state index contributed by atoms with van der Waals surface area (Å²) in [5.74, 6) is -0.0233. The molecule has 3 aromatic rings. The van der Waals surface area contributed by atoms with Crippen molar-refractivity contribution in [1.82, 2.24) is 19.9 Å². The molecule has 3 N–H and O–H groups in total. The van der Waals surface area contributed by atoms with Gasteiger partial charge < -0.3 is 35.3 Å². The van der Waals surface area contributed by atoms with Crippen molar-refractivity contribution in [3.05, 3.63) is 60.8 Å². The van der Waals surface area contributed by atoms with Crippen molar-refractivity contribution >= 4 is 46.8 Å². The molecule has 1 amide bonds. The molecular weight excluding hydrogens is 553 g/mol. The summed E-state index contributed by atoms with van der Waals surface area (Å²) < 4.78 is 46.6. The molecule has 2 aromatic heterocycles. The van der Waals surface area contributed by atoms with E-state index in [9.17, 15) is 22.8 Å². The lowest BCUT2D eigenvalue weighted by Gasteiger charge is -2.33. The highest BCUT2D eigenvalue weighted by Crippen LogP contribution is 2.36. The number of hydrogen-bond acceptors (Lipinski definition) is 10. The third kappa shape index (κ3) is 8.89. The van der Waals surface area contributed by atoms with Crippen molar-refractivity contribution in [3.63, 3.8) is 0 Å². The van der Waals surface area contributed by atoms with Gasteiger partial charge in [0.2, 0.25) is 17.7 Å². The summed E-state index contributed by atoms with van der Waals surface area (Å²) in [7, 11) is 3.52. The zero-order chi connectivity index (χ0) is 30.7. The number of piperazine rings is 1. The van der Waals surface area contributed by atoms with E-state index in [1.165, 1.54) is 13.2 Å². The first-order chi connectivity index (χ1) is 20.1. The van der Waals surface area contributed by atoms with Crippen LogP contribution in [0, 0.1) is 0 Å². The number of alkyl halides is 3. The van der Waals surface area contributed by atoms with Crippen LogP contribution in [0.2, 0.25) is 0 Å². The summed E-state index contributed by atoms with van der Waals surface area (Å²) in [4.78, 5) is 37.6. The Morgan fingerprint density at radius 1 is 1.10 bits per heavy atom. The van der Waals surface area contributed by atoms with Gasteiger partial charge in [-0.15, -0.1) is 0 Å². The number of carbonyl (C=O) groups is 2. The number of halogens is 3. The average Bonchev–Trinajstić information content (AvgIpc) is 2.97. The number of methoxy groups -OCH3 is 1. The first-order valence-electron chi connectivity index (χ1n) is 13.0. The molecule has 1 saturated heterocycles. The van der Waals surface area contributed by atoms with Crippen LogP contribution in [0.1, 0.15) is 18.9 Å². The molecule has 0 saturated carbocycles. The van der Waals surface area contributed by atoms with Gasteiger partial charge in [0.1, 0.15) is 29.2 Å². The molecule has 224 valence electrons. The molecule has 0 spiro atoms. The standard InChI is InChI=1S/C25H27F3N8O2.C3H6O/c1-4-21(37)30-16-6-5-7-17(14-16)31-22-18(25(26,27)28)15-29-24(34-22)32-19-8-9-20(33-23(19)38-3)36-12-10-35(2)11-13-36;1-2-3-4/h4-9,14-15H,1,10-13H2,2-3H3,(H,30,37)(H2,29,31,32,34);3H,2H2,1H3. The molecule has 0 bridgehead atoms. The Labute approximate surface area is 241 Å². The Morgan fingerprint density at radius 2 is 1.79 bits per heavy atom. The predicted octanol–water partition coefficient (Wildman–Crippen LogP) is 4.86. The van der Waals surface area contributed by atoms with Crippen LogP contribution >= 0.6 is 0 Å². The zero-order valence-corrected chi connectivity index (χ0v) is 23.5. The molecule has 0 radical (unpaired) electrons. The van der Waals surface area contributed by atoms with Crippen molar-refractivity contribution in [1.29, 1.82) is 0 Å². The highest BCUT2D eigenvalue weighted by molar-refractivity contribution is 5.99. The molecule has 0 atom stereocenters. The minimum atomic E-state index is -4.71. The minimum Gasteiger partial charge on any atom is -0.479 e. The number of likely N-dealkylation sites (N-methyl/N-ethyl adjacent to an activating group) is 1. The maximum Gasteiger partial charge on any atom is 0.421 e. The number of ether oxygens (including phenoxy) is 1. The van der Waals surface area contributed by atoms with Gasteiger partial charge in [-0.3, -0.25) is 4.79 Å². The zero-order valence-electron chi connectivity index (χ0n) is 23.5. The maximum atomic E-state index is 13.7. The average molecular weight is 587 g/mol. The number of hydrogen-bond donors (Lipinski definition) is 3. The number of pyridine rings is 1. The fraction of sp³-hybridized carbons (Fsp3) is 0.321. The Balaban J connectivity index is 0.00000114. The molecule has 1 aromatic carbocycles. The highest BCUT2D eigenvalue weighted by Gasteiger charge is 2.35. The second-order valence-corrected chi connectivity index (χ2v) is 9.07. The minimum absolute atomic E-state index is 0.0935. The van der Waals surface area contributed by atoms with Crippen LogP contribution in [0.15, 0.2) is 55.3 Å². The van der Waals surface area contributed by atoms with Crippen LogP contribution in [-0.2, 0) is 15.8 Å². The number of anilines is 6. The summed E-state index contributed by atoms with van der Waals surface area (Å²) in [5.41, 5.74) is -0.0146. The number of aldehydes is 1. The van der Waals surface area contributed by atoms with Crippen molar-refractivity contribution in [2.24, 2.45) is 0 Å². The van der Waals surface area contributed by atoms with Gasteiger partial charge in [0, 0.05) is 50.2 Å². The Hall–Kier alpha value is -4.72. The highest BCUT2D eigenvalue weighted by atomic mass is 19.4. The fourth-order valence-electron chi connectivity index (χ4n) is 3.76. The largest absolute Gasteiger partial charge is 0.479 e. The van der Waals surface area contributed by atoms with Crippen LogP contribution in [0.5, 0.6) is 5.88 Å². The number of nitrogens with zero attached hydrogens (tertiary/aromatic N) is 5. The molecular formula is C28H33F3N8O3. The van der Waals surface area contributed by atoms with Gasteiger partial charge in [0.05, 0.1) is 7.11 Å². The van der Waals surface area contributed by atoms with Gasteiger partial charge in [-0.2, -0.15) is 23.1 Å². The van der Waals surface area contributed by atoms with Crippen LogP contribution in [0.4, 0.5) is 47.8 Å². The van der Waals surface area contributed by atoms with Crippen LogP contribution in [0.25, 0.3) is 0 Å². The Bertz CT molecular complexity index is 1380. The van der Waals surface area contributed by atoms with E-state index in [1.807, 2.05) is 13.0 Å². The lowest BCUT2D eigenvalue weighted by atomic mass is 10.2. The molecule has 0 unspecified atom stereocenters. The van der Waals surface area contributed by atoms with E-state index in [-0.39, 0.29) is 17.5 Å². The van der Waals surface area contributed by atoms with Gasteiger partial charge in [-0.25, -0.2) is 4.98 Å². The lowest BCUT2D eigenvalue weighted by Crippen LogP contribution is -2.44. The van der Waals surface area contributed by atoms with Crippen molar-refractivity contribution in [2.75, 3.05) is 61.2 Å². The van der Waals surface area contributed by atoms with Gasteiger partial charge in [-0.05, 0) is 43.5 Å². The van der Waals surface area contributed by atoms with Gasteiger partial charge in [0.15, 0.2) is 0 Å². The molecule has 1 aliphatic heterocycles. The molecule has 1 aliphatic rings. The first-order valence-corrected chi connectivity index (χ1v) is 13.0. The monoisotopic (exact) mass is 586 g/mol. The van der Waals surface area contributed by atoms with Crippen molar-refractivity contribution in [2.45, 2.75) is 19.5 Å². The number of rotatable bonds is 9. The van der Waals surface area contributed by atoms with Crippen molar-refractivity contribution in [3.8, 4) is 5.88 Å². The van der Waals surface area contributed by atoms with E-state index in [2.05, 4.69) is 54.3 Å². The second kappa shape index (κ2) is 14.8. The molecule has 14 heteroatoms. The van der Waals surface area contributed by atoms with E-state index >= 15 is 0 Å². The van der Waals surface area contributed by atoms with Gasteiger partial charge >= 0.3 is 6.18 Å². The number of aromatic nitrogens is 3. The fourth-order valence-corrected chi connectivity index (χ4v) is 3.76. The Morgan fingerprint density at radius 3 is 2.40 bits per heavy atom. The van der Waals surface area contributed by atoms with E-state index in [1.54, 1.807) is 24.3 Å². The molecule has 11 nitrogen and oxygen atoms in total. The Kier molecular flexibility index (Phi) is 11.2. The second-order valence-electron chi connectivity index (χ2n) is 9.07. The third-order valence-corrected chi connectivity index (χ3v) is 5.95. The molecule has 4 rings (SSSR count). The number of carbonyl (C=O) groups excluding carboxylic acids is 2. The van der Waals surface area contributed by atoms with Crippen LogP contribution in [0.3, 0.4) is 0 Å². The quantitative estimate of drug-likeness (QED) is 0.237. The summed E-state index contributed by atoms with van der Waals surface area (Å²) >= 11 is 0. The first kappa shape index (κ1) is 31.8. The summed E-state index contributed by atoms with van der Waals surface area (Å²) in [5, 5.41) is 8.13. The predicted molar refractivity (Wildman–Crippen MR) is 156 cm³/mol.